The summed E-state index contributed by atoms with van der Waals surface area (Å²) in [5, 5.41) is 2.83. The maximum absolute atomic E-state index is 12.4. The smallest absolute Gasteiger partial charge is 0.248 e. The first-order chi connectivity index (χ1) is 15.0. The van der Waals surface area contributed by atoms with E-state index in [1.54, 1.807) is 43.4 Å². The molecule has 1 N–H and O–H groups in total. The van der Waals surface area contributed by atoms with Crippen LogP contribution in [-0.4, -0.2) is 39.2 Å². The van der Waals surface area contributed by atoms with Crippen LogP contribution in [0.2, 0.25) is 0 Å². The minimum absolute atomic E-state index is 0.0574. The predicted molar refractivity (Wildman–Crippen MR) is 121 cm³/mol. The van der Waals surface area contributed by atoms with Crippen LogP contribution in [0.5, 0.6) is 17.2 Å². The van der Waals surface area contributed by atoms with Crippen molar-refractivity contribution in [2.24, 2.45) is 0 Å². The summed E-state index contributed by atoms with van der Waals surface area (Å²) in [7, 11) is 3.15. The van der Waals surface area contributed by atoms with Gasteiger partial charge in [-0.3, -0.25) is 9.59 Å². The van der Waals surface area contributed by atoms with Gasteiger partial charge in [0.05, 0.1) is 26.5 Å². The van der Waals surface area contributed by atoms with Crippen molar-refractivity contribution in [2.75, 3.05) is 37.6 Å². The van der Waals surface area contributed by atoms with Crippen LogP contribution in [0, 0.1) is 0 Å². The van der Waals surface area contributed by atoms with E-state index in [1.807, 2.05) is 25.1 Å². The Labute approximate surface area is 182 Å². The summed E-state index contributed by atoms with van der Waals surface area (Å²) in [5.74, 6) is 1.66. The standard InChI is InChI=1S/C24H28N2O5/c1-4-14-31-21-10-7-17(15-22(21)30-3)8-12-23(27)25-18-9-11-20(29-2)19(16-18)26-13-5-6-24(26)28/h7-12,15-16H,4-6,13-14H2,1-3H3,(H,25,27)/b12-8+. The van der Waals surface area contributed by atoms with Crippen molar-refractivity contribution in [1.29, 1.82) is 0 Å². The Morgan fingerprint density at radius 2 is 1.87 bits per heavy atom. The van der Waals surface area contributed by atoms with Crippen molar-refractivity contribution in [3.05, 3.63) is 48.0 Å². The number of rotatable bonds is 9. The number of nitrogens with one attached hydrogen (secondary N) is 1. The zero-order chi connectivity index (χ0) is 22.2. The van der Waals surface area contributed by atoms with Crippen LogP contribution >= 0.6 is 0 Å². The number of amides is 2. The summed E-state index contributed by atoms with van der Waals surface area (Å²) in [6.07, 6.45) is 5.40. The zero-order valence-electron chi connectivity index (χ0n) is 18.1. The van der Waals surface area contributed by atoms with Crippen molar-refractivity contribution in [3.63, 3.8) is 0 Å². The molecule has 2 aromatic rings. The summed E-state index contributed by atoms with van der Waals surface area (Å²) >= 11 is 0. The largest absolute Gasteiger partial charge is 0.495 e. The van der Waals surface area contributed by atoms with Gasteiger partial charge in [-0.05, 0) is 54.8 Å². The van der Waals surface area contributed by atoms with Gasteiger partial charge in [0.25, 0.3) is 0 Å². The molecule has 0 aromatic heterocycles. The van der Waals surface area contributed by atoms with E-state index in [9.17, 15) is 9.59 Å². The number of ether oxygens (including phenoxy) is 3. The molecule has 31 heavy (non-hydrogen) atoms. The maximum atomic E-state index is 12.4. The minimum Gasteiger partial charge on any atom is -0.495 e. The first-order valence-corrected chi connectivity index (χ1v) is 10.3. The van der Waals surface area contributed by atoms with Crippen LogP contribution in [-0.2, 0) is 9.59 Å². The molecular weight excluding hydrogens is 396 g/mol. The van der Waals surface area contributed by atoms with E-state index in [0.29, 0.717) is 48.2 Å². The average molecular weight is 424 g/mol. The number of methoxy groups -OCH3 is 2. The predicted octanol–water partition coefficient (Wildman–Crippen LogP) is 4.27. The second kappa shape index (κ2) is 10.5. The van der Waals surface area contributed by atoms with Crippen LogP contribution in [0.25, 0.3) is 6.08 Å². The molecule has 2 aromatic carbocycles. The van der Waals surface area contributed by atoms with E-state index in [-0.39, 0.29) is 11.8 Å². The molecule has 0 unspecified atom stereocenters. The quantitative estimate of drug-likeness (QED) is 0.609. The van der Waals surface area contributed by atoms with E-state index in [2.05, 4.69) is 5.32 Å². The Bertz CT molecular complexity index is 970. The molecule has 1 fully saturated rings. The lowest BCUT2D eigenvalue weighted by Crippen LogP contribution is -2.24. The lowest BCUT2D eigenvalue weighted by Gasteiger charge is -2.20. The molecule has 164 valence electrons. The molecule has 0 saturated carbocycles. The molecule has 0 bridgehead atoms. The van der Waals surface area contributed by atoms with Gasteiger partial charge in [0, 0.05) is 24.7 Å². The van der Waals surface area contributed by atoms with Crippen LogP contribution in [0.1, 0.15) is 31.7 Å². The maximum Gasteiger partial charge on any atom is 0.248 e. The van der Waals surface area contributed by atoms with Crippen LogP contribution < -0.4 is 24.4 Å². The molecule has 7 nitrogen and oxygen atoms in total. The van der Waals surface area contributed by atoms with Gasteiger partial charge in [-0.25, -0.2) is 0 Å². The lowest BCUT2D eigenvalue weighted by atomic mass is 10.2. The molecular formula is C24H28N2O5. The summed E-state index contributed by atoms with van der Waals surface area (Å²) in [4.78, 5) is 26.3. The average Bonchev–Trinajstić information content (AvgIpc) is 3.22. The SMILES string of the molecule is CCCOc1ccc(/C=C/C(=O)Nc2ccc(OC)c(N3CCCC3=O)c2)cc1OC. The number of hydrogen-bond donors (Lipinski definition) is 1. The molecule has 0 radical (unpaired) electrons. The number of hydrogen-bond acceptors (Lipinski definition) is 5. The summed E-state index contributed by atoms with van der Waals surface area (Å²) in [5.41, 5.74) is 2.07. The molecule has 2 amide bonds. The van der Waals surface area contributed by atoms with Gasteiger partial charge in [-0.1, -0.05) is 13.0 Å². The monoisotopic (exact) mass is 424 g/mol. The molecule has 7 heteroatoms. The topological polar surface area (TPSA) is 77.1 Å². The highest BCUT2D eigenvalue weighted by molar-refractivity contribution is 6.03. The fraction of sp³-hybridized carbons (Fsp3) is 0.333. The fourth-order valence-corrected chi connectivity index (χ4v) is 3.36. The van der Waals surface area contributed by atoms with E-state index in [1.165, 1.54) is 6.08 Å². The number of carbonyl (C=O) groups excluding carboxylic acids is 2. The first kappa shape index (κ1) is 22.2. The van der Waals surface area contributed by atoms with Crippen molar-refractivity contribution in [1.82, 2.24) is 0 Å². The molecule has 0 spiro atoms. The summed E-state index contributed by atoms with van der Waals surface area (Å²) in [6.45, 7) is 3.30. The van der Waals surface area contributed by atoms with Crippen LogP contribution in [0.4, 0.5) is 11.4 Å². The van der Waals surface area contributed by atoms with E-state index >= 15 is 0 Å². The van der Waals surface area contributed by atoms with E-state index in [0.717, 1.165) is 18.4 Å². The van der Waals surface area contributed by atoms with Crippen molar-refractivity contribution in [3.8, 4) is 17.2 Å². The third-order valence-corrected chi connectivity index (χ3v) is 4.89. The fourth-order valence-electron chi connectivity index (χ4n) is 3.36. The number of carbonyl (C=O) groups is 2. The van der Waals surface area contributed by atoms with Crippen LogP contribution in [0.3, 0.4) is 0 Å². The molecule has 0 aliphatic carbocycles. The second-order valence-corrected chi connectivity index (χ2v) is 7.12. The van der Waals surface area contributed by atoms with E-state index in [4.69, 9.17) is 14.2 Å². The van der Waals surface area contributed by atoms with Gasteiger partial charge >= 0.3 is 0 Å². The Morgan fingerprint density at radius 1 is 1.10 bits per heavy atom. The molecule has 1 saturated heterocycles. The molecule has 3 rings (SSSR count). The van der Waals surface area contributed by atoms with Crippen molar-refractivity contribution < 1.29 is 23.8 Å². The Balaban J connectivity index is 1.70. The van der Waals surface area contributed by atoms with E-state index < -0.39 is 0 Å². The number of anilines is 2. The highest BCUT2D eigenvalue weighted by Gasteiger charge is 2.24. The van der Waals surface area contributed by atoms with Crippen LogP contribution in [0.15, 0.2) is 42.5 Å². The van der Waals surface area contributed by atoms with Gasteiger partial charge in [-0.15, -0.1) is 0 Å². The minimum atomic E-state index is -0.283. The number of benzene rings is 2. The van der Waals surface area contributed by atoms with Gasteiger partial charge < -0.3 is 24.4 Å². The van der Waals surface area contributed by atoms with Gasteiger partial charge in [0.1, 0.15) is 5.75 Å². The lowest BCUT2D eigenvalue weighted by molar-refractivity contribution is -0.117. The third-order valence-electron chi connectivity index (χ3n) is 4.89. The second-order valence-electron chi connectivity index (χ2n) is 7.12. The highest BCUT2D eigenvalue weighted by atomic mass is 16.5. The Morgan fingerprint density at radius 3 is 2.55 bits per heavy atom. The third kappa shape index (κ3) is 5.57. The van der Waals surface area contributed by atoms with Crippen molar-refractivity contribution in [2.45, 2.75) is 26.2 Å². The molecule has 0 atom stereocenters. The number of nitrogens with zero attached hydrogens (tertiary/aromatic N) is 1. The molecule has 1 aliphatic heterocycles. The van der Waals surface area contributed by atoms with Crippen molar-refractivity contribution >= 4 is 29.3 Å². The zero-order valence-corrected chi connectivity index (χ0v) is 18.1. The summed E-state index contributed by atoms with van der Waals surface area (Å²) in [6, 6.07) is 10.8. The van der Waals surface area contributed by atoms with Gasteiger partial charge in [-0.2, -0.15) is 0 Å². The normalized spacial score (nSPS) is 13.5. The highest BCUT2D eigenvalue weighted by Crippen LogP contribution is 2.34. The van der Waals surface area contributed by atoms with Gasteiger partial charge in [0.2, 0.25) is 11.8 Å². The van der Waals surface area contributed by atoms with Gasteiger partial charge in [0.15, 0.2) is 11.5 Å². The Hall–Kier alpha value is -3.48. The molecule has 1 aliphatic rings. The molecule has 1 heterocycles. The first-order valence-electron chi connectivity index (χ1n) is 10.3. The summed E-state index contributed by atoms with van der Waals surface area (Å²) < 4.78 is 16.4. The Kier molecular flexibility index (Phi) is 7.54.